The lowest BCUT2D eigenvalue weighted by atomic mass is 10.1. The minimum Gasteiger partial charge on any atom is -0.508 e. The number of hydrogen-bond acceptors (Lipinski definition) is 5. The molecule has 0 atom stereocenters. The Hall–Kier alpha value is -2.40. The lowest BCUT2D eigenvalue weighted by Crippen LogP contribution is -2.03. The van der Waals surface area contributed by atoms with Gasteiger partial charge in [-0.05, 0) is 24.3 Å². The standard InChI is InChI=1S/C15H11NO3S.2H2/c17-9-5-6-10(12(18)7-9)13(19)8-15-16-11-3-1-2-4-14(11)20-15;;/h1-7,17-18H,8H2;2*1H. The summed E-state index contributed by atoms with van der Waals surface area (Å²) in [5.41, 5.74) is 1.07. The van der Waals surface area contributed by atoms with Crippen molar-refractivity contribution in [3.8, 4) is 11.5 Å². The minimum absolute atomic E-state index is 0. The molecule has 20 heavy (non-hydrogen) atoms. The Morgan fingerprint density at radius 1 is 1.20 bits per heavy atom. The van der Waals surface area contributed by atoms with Gasteiger partial charge < -0.3 is 10.2 Å². The first-order valence-corrected chi connectivity index (χ1v) is 6.85. The summed E-state index contributed by atoms with van der Waals surface area (Å²) in [4.78, 5) is 16.5. The van der Waals surface area contributed by atoms with E-state index in [0.29, 0.717) is 5.01 Å². The molecule has 2 aromatic carbocycles. The number of ketones is 1. The first-order chi connectivity index (χ1) is 9.63. The molecule has 0 saturated heterocycles. The van der Waals surface area contributed by atoms with Gasteiger partial charge in [-0.2, -0.15) is 0 Å². The third-order valence-electron chi connectivity index (χ3n) is 2.93. The van der Waals surface area contributed by atoms with E-state index in [1.54, 1.807) is 0 Å². The lowest BCUT2D eigenvalue weighted by molar-refractivity contribution is 0.0990. The number of benzene rings is 2. The molecule has 0 saturated carbocycles. The maximum absolute atomic E-state index is 12.1. The highest BCUT2D eigenvalue weighted by Gasteiger charge is 2.14. The van der Waals surface area contributed by atoms with Crippen molar-refractivity contribution in [2.45, 2.75) is 6.42 Å². The van der Waals surface area contributed by atoms with Crippen LogP contribution in [-0.4, -0.2) is 21.0 Å². The number of phenols is 2. The van der Waals surface area contributed by atoms with Crippen molar-refractivity contribution in [3.63, 3.8) is 0 Å². The highest BCUT2D eigenvalue weighted by atomic mass is 32.1. The van der Waals surface area contributed by atoms with Gasteiger partial charge in [-0.15, -0.1) is 11.3 Å². The Kier molecular flexibility index (Phi) is 3.12. The van der Waals surface area contributed by atoms with Crippen LogP contribution < -0.4 is 0 Å². The second-order valence-electron chi connectivity index (χ2n) is 4.38. The van der Waals surface area contributed by atoms with Crippen LogP contribution in [-0.2, 0) is 6.42 Å². The fourth-order valence-electron chi connectivity index (χ4n) is 1.98. The number of fused-ring (bicyclic) bond motifs is 1. The predicted octanol–water partition coefficient (Wildman–Crippen LogP) is 3.62. The summed E-state index contributed by atoms with van der Waals surface area (Å²) in [7, 11) is 0. The number of carbonyl (C=O) groups is 1. The van der Waals surface area contributed by atoms with E-state index in [9.17, 15) is 15.0 Å². The fourth-order valence-corrected chi connectivity index (χ4v) is 2.95. The summed E-state index contributed by atoms with van der Waals surface area (Å²) in [6.07, 6.45) is 0.137. The summed E-state index contributed by atoms with van der Waals surface area (Å²) in [5, 5.41) is 19.6. The first kappa shape index (κ1) is 12.6. The largest absolute Gasteiger partial charge is 0.508 e. The molecule has 0 aliphatic rings. The number of aromatic hydroxyl groups is 2. The van der Waals surface area contributed by atoms with Crippen molar-refractivity contribution in [1.29, 1.82) is 0 Å². The van der Waals surface area contributed by atoms with Crippen LogP contribution in [0.25, 0.3) is 10.2 Å². The van der Waals surface area contributed by atoms with E-state index in [4.69, 9.17) is 0 Å². The van der Waals surface area contributed by atoms with E-state index < -0.39 is 0 Å². The van der Waals surface area contributed by atoms with Crippen LogP contribution in [0.15, 0.2) is 42.5 Å². The van der Waals surface area contributed by atoms with Crippen LogP contribution in [0.3, 0.4) is 0 Å². The third kappa shape index (κ3) is 2.35. The normalized spacial score (nSPS) is 10.8. The minimum atomic E-state index is -0.221. The van der Waals surface area contributed by atoms with Gasteiger partial charge in [-0.3, -0.25) is 4.79 Å². The summed E-state index contributed by atoms with van der Waals surface area (Å²) in [5.74, 6) is -0.503. The Labute approximate surface area is 121 Å². The quantitative estimate of drug-likeness (QED) is 0.722. The predicted molar refractivity (Wildman–Crippen MR) is 81.7 cm³/mol. The van der Waals surface area contributed by atoms with Crippen molar-refractivity contribution in [3.05, 3.63) is 53.0 Å². The van der Waals surface area contributed by atoms with E-state index in [2.05, 4.69) is 4.98 Å². The number of hydrogen-bond donors (Lipinski definition) is 2. The van der Waals surface area contributed by atoms with Gasteiger partial charge in [0.25, 0.3) is 0 Å². The molecule has 0 radical (unpaired) electrons. The fraction of sp³-hybridized carbons (Fsp3) is 0.0667. The molecule has 0 aliphatic heterocycles. The van der Waals surface area contributed by atoms with Gasteiger partial charge in [-0.1, -0.05) is 12.1 Å². The Morgan fingerprint density at radius 2 is 2.00 bits per heavy atom. The van der Waals surface area contributed by atoms with Crippen LogP contribution in [0.2, 0.25) is 0 Å². The number of phenolic OH excluding ortho intramolecular Hbond substituents is 2. The number of Topliss-reactive ketones (excluding diaryl/α,β-unsaturated/α-hetero) is 1. The number of para-hydroxylation sites is 1. The Morgan fingerprint density at radius 3 is 2.75 bits per heavy atom. The third-order valence-corrected chi connectivity index (χ3v) is 3.97. The molecule has 104 valence electrons. The van der Waals surface area contributed by atoms with Crippen LogP contribution in [0.1, 0.15) is 18.2 Å². The molecule has 0 aliphatic carbocycles. The molecule has 0 spiro atoms. The SMILES string of the molecule is O=C(Cc1nc2ccccc2s1)c1ccc(O)cc1O.[HH].[HH]. The molecule has 2 N–H and O–H groups in total. The molecular weight excluding hydrogens is 274 g/mol. The summed E-state index contributed by atoms with van der Waals surface area (Å²) in [6, 6.07) is 11.6. The molecule has 0 fully saturated rings. The molecule has 1 aromatic heterocycles. The highest BCUT2D eigenvalue weighted by molar-refractivity contribution is 7.18. The Balaban J connectivity index is 0.00000121. The van der Waals surface area contributed by atoms with Gasteiger partial charge in [-0.25, -0.2) is 4.98 Å². The molecule has 0 amide bonds. The van der Waals surface area contributed by atoms with Gasteiger partial charge >= 0.3 is 0 Å². The van der Waals surface area contributed by atoms with Crippen LogP contribution in [0.5, 0.6) is 11.5 Å². The number of carbonyl (C=O) groups excluding carboxylic acids is 1. The van der Waals surface area contributed by atoms with Crippen molar-refractivity contribution in [2.24, 2.45) is 0 Å². The van der Waals surface area contributed by atoms with Crippen molar-refractivity contribution in [1.82, 2.24) is 4.98 Å². The number of thiazole rings is 1. The summed E-state index contributed by atoms with van der Waals surface area (Å²) in [6.45, 7) is 0. The molecule has 4 nitrogen and oxygen atoms in total. The maximum Gasteiger partial charge on any atom is 0.173 e. The maximum atomic E-state index is 12.1. The van der Waals surface area contributed by atoms with Gasteiger partial charge in [0.15, 0.2) is 5.78 Å². The average molecular weight is 289 g/mol. The average Bonchev–Trinajstić information content (AvgIpc) is 2.80. The monoisotopic (exact) mass is 289 g/mol. The van der Waals surface area contributed by atoms with Gasteiger partial charge in [0, 0.05) is 8.92 Å². The van der Waals surface area contributed by atoms with E-state index in [1.807, 2.05) is 24.3 Å². The van der Waals surface area contributed by atoms with Crippen molar-refractivity contribution >= 4 is 27.3 Å². The molecule has 1 heterocycles. The van der Waals surface area contributed by atoms with Crippen LogP contribution in [0, 0.1) is 0 Å². The number of aromatic nitrogens is 1. The van der Waals surface area contributed by atoms with E-state index in [-0.39, 0.29) is 32.1 Å². The molecule has 0 unspecified atom stereocenters. The van der Waals surface area contributed by atoms with E-state index in [0.717, 1.165) is 16.3 Å². The molecule has 3 aromatic rings. The van der Waals surface area contributed by atoms with E-state index >= 15 is 0 Å². The number of rotatable bonds is 3. The highest BCUT2D eigenvalue weighted by Crippen LogP contribution is 2.26. The van der Waals surface area contributed by atoms with Gasteiger partial charge in [0.2, 0.25) is 0 Å². The second kappa shape index (κ2) is 4.94. The van der Waals surface area contributed by atoms with E-state index in [1.165, 1.54) is 23.5 Å². The summed E-state index contributed by atoms with van der Waals surface area (Å²) >= 11 is 1.47. The molecular formula is C15H15NO3S. The first-order valence-electron chi connectivity index (χ1n) is 6.03. The molecule has 5 heteroatoms. The zero-order valence-electron chi connectivity index (χ0n) is 10.4. The zero-order chi connectivity index (χ0) is 14.1. The lowest BCUT2D eigenvalue weighted by Gasteiger charge is -2.02. The van der Waals surface area contributed by atoms with Gasteiger partial charge in [0.1, 0.15) is 16.5 Å². The Bertz CT molecular complexity index is 771. The zero-order valence-corrected chi connectivity index (χ0v) is 11.2. The van der Waals surface area contributed by atoms with Crippen LogP contribution >= 0.6 is 11.3 Å². The van der Waals surface area contributed by atoms with Gasteiger partial charge in [0.05, 0.1) is 22.2 Å². The molecule has 3 rings (SSSR count). The van der Waals surface area contributed by atoms with Crippen LogP contribution in [0.4, 0.5) is 0 Å². The smallest absolute Gasteiger partial charge is 0.173 e. The molecule has 0 bridgehead atoms. The summed E-state index contributed by atoms with van der Waals surface area (Å²) < 4.78 is 1.03. The van der Waals surface area contributed by atoms with Crippen molar-refractivity contribution < 1.29 is 17.9 Å². The topological polar surface area (TPSA) is 70.4 Å². The second-order valence-corrected chi connectivity index (χ2v) is 5.49. The van der Waals surface area contributed by atoms with Crippen molar-refractivity contribution in [2.75, 3.05) is 0 Å². The number of nitrogens with zero attached hydrogens (tertiary/aromatic N) is 1.